The number of nitrogens with zero attached hydrogens (tertiary/aromatic N) is 2. The number of piperidine rings is 1. The lowest BCUT2D eigenvalue weighted by molar-refractivity contribution is 0.353. The molecule has 1 aliphatic heterocycles. The molecule has 0 amide bonds. The Morgan fingerprint density at radius 1 is 1.39 bits per heavy atom. The van der Waals surface area contributed by atoms with Crippen molar-refractivity contribution in [2.75, 3.05) is 13.1 Å². The number of aromatic nitrogens is 2. The molecule has 1 saturated heterocycles. The second-order valence-corrected chi connectivity index (χ2v) is 5.67. The summed E-state index contributed by atoms with van der Waals surface area (Å²) in [5, 5.41) is 11.8. The Bertz CT molecular complexity index is 392. The van der Waals surface area contributed by atoms with Gasteiger partial charge < -0.3 is 10.6 Å². The fourth-order valence-electron chi connectivity index (χ4n) is 3.30. The number of rotatable bonds is 3. The van der Waals surface area contributed by atoms with Gasteiger partial charge in [0.1, 0.15) is 0 Å². The Labute approximate surface area is 109 Å². The molecule has 2 unspecified atom stereocenters. The molecule has 0 saturated carbocycles. The lowest BCUT2D eigenvalue weighted by Crippen LogP contribution is -2.43. The van der Waals surface area contributed by atoms with Crippen molar-refractivity contribution in [2.24, 2.45) is 7.05 Å². The Balaban J connectivity index is 1.60. The Hall–Kier alpha value is -0.870. The minimum Gasteiger partial charge on any atom is -0.313 e. The topological polar surface area (TPSA) is 41.9 Å². The summed E-state index contributed by atoms with van der Waals surface area (Å²) in [6, 6.07) is 1.19. The zero-order valence-corrected chi connectivity index (χ0v) is 11.3. The van der Waals surface area contributed by atoms with Gasteiger partial charge in [-0.15, -0.1) is 0 Å². The van der Waals surface area contributed by atoms with E-state index in [1.165, 1.54) is 56.3 Å². The van der Waals surface area contributed by atoms with Gasteiger partial charge in [0, 0.05) is 36.9 Å². The normalized spacial score (nSPS) is 28.1. The fraction of sp³-hybridized carbons (Fsp3) is 0.786. The highest BCUT2D eigenvalue weighted by Crippen LogP contribution is 2.29. The van der Waals surface area contributed by atoms with E-state index in [1.807, 2.05) is 4.68 Å². The molecule has 2 aliphatic rings. The van der Waals surface area contributed by atoms with Gasteiger partial charge in [-0.3, -0.25) is 4.68 Å². The second-order valence-electron chi connectivity index (χ2n) is 5.67. The quantitative estimate of drug-likeness (QED) is 0.852. The zero-order chi connectivity index (χ0) is 12.4. The minimum atomic E-state index is 0.520. The molecule has 2 atom stereocenters. The van der Waals surface area contributed by atoms with Crippen LogP contribution in [0.5, 0.6) is 0 Å². The average molecular weight is 248 g/mol. The Morgan fingerprint density at radius 2 is 2.33 bits per heavy atom. The molecule has 1 aromatic rings. The van der Waals surface area contributed by atoms with Gasteiger partial charge in [-0.05, 0) is 38.6 Å². The maximum Gasteiger partial charge on any atom is 0.0540 e. The molecule has 0 aromatic carbocycles. The highest BCUT2D eigenvalue weighted by Gasteiger charge is 2.24. The summed E-state index contributed by atoms with van der Waals surface area (Å²) < 4.78 is 2.04. The van der Waals surface area contributed by atoms with E-state index in [1.54, 1.807) is 0 Å². The molecule has 1 aliphatic carbocycles. The third kappa shape index (κ3) is 2.45. The molecule has 0 radical (unpaired) electrons. The maximum atomic E-state index is 4.40. The lowest BCUT2D eigenvalue weighted by atomic mass is 9.92. The smallest absolute Gasteiger partial charge is 0.0540 e. The number of hydrogen-bond donors (Lipinski definition) is 2. The summed E-state index contributed by atoms with van der Waals surface area (Å²) in [6.45, 7) is 2.29. The predicted molar refractivity (Wildman–Crippen MR) is 72.5 cm³/mol. The van der Waals surface area contributed by atoms with Crippen molar-refractivity contribution in [1.82, 2.24) is 20.4 Å². The van der Waals surface area contributed by atoms with Crippen LogP contribution < -0.4 is 10.6 Å². The predicted octanol–water partition coefficient (Wildman–Crippen LogP) is 1.53. The molecule has 2 N–H and O–H groups in total. The first kappa shape index (κ1) is 12.2. The molecular formula is C14H24N4. The second kappa shape index (κ2) is 5.41. The summed E-state index contributed by atoms with van der Waals surface area (Å²) in [7, 11) is 2.06. The minimum absolute atomic E-state index is 0.520. The monoisotopic (exact) mass is 248 g/mol. The van der Waals surface area contributed by atoms with Crippen LogP contribution in [0.2, 0.25) is 0 Å². The van der Waals surface area contributed by atoms with Gasteiger partial charge in [-0.1, -0.05) is 6.42 Å². The van der Waals surface area contributed by atoms with E-state index in [4.69, 9.17) is 0 Å². The highest BCUT2D eigenvalue weighted by atomic mass is 15.3. The van der Waals surface area contributed by atoms with E-state index >= 15 is 0 Å². The largest absolute Gasteiger partial charge is 0.313 e. The van der Waals surface area contributed by atoms with Gasteiger partial charge in [-0.2, -0.15) is 5.10 Å². The first-order valence-electron chi connectivity index (χ1n) is 7.32. The number of aryl methyl sites for hydroxylation is 1. The molecule has 0 bridgehead atoms. The van der Waals surface area contributed by atoms with Crippen molar-refractivity contribution in [2.45, 2.75) is 50.6 Å². The number of fused-ring (bicyclic) bond motifs is 1. The molecule has 18 heavy (non-hydrogen) atoms. The molecule has 0 spiro atoms. The summed E-state index contributed by atoms with van der Waals surface area (Å²) in [5.74, 6) is 0. The van der Waals surface area contributed by atoms with Gasteiger partial charge in [0.25, 0.3) is 0 Å². The van der Waals surface area contributed by atoms with Crippen molar-refractivity contribution < 1.29 is 0 Å². The first-order valence-corrected chi connectivity index (χ1v) is 7.32. The first-order chi connectivity index (χ1) is 8.84. The highest BCUT2D eigenvalue weighted by molar-refractivity contribution is 5.24. The number of nitrogens with one attached hydrogen (secondary N) is 2. The molecule has 4 nitrogen and oxygen atoms in total. The van der Waals surface area contributed by atoms with E-state index in [0.29, 0.717) is 12.1 Å². The van der Waals surface area contributed by atoms with Gasteiger partial charge in [0.05, 0.1) is 6.20 Å². The Kier molecular flexibility index (Phi) is 3.66. The van der Waals surface area contributed by atoms with Crippen molar-refractivity contribution in [1.29, 1.82) is 0 Å². The van der Waals surface area contributed by atoms with Crippen LogP contribution in [-0.4, -0.2) is 28.9 Å². The van der Waals surface area contributed by atoms with Crippen molar-refractivity contribution in [3.8, 4) is 0 Å². The van der Waals surface area contributed by atoms with Gasteiger partial charge in [-0.25, -0.2) is 0 Å². The van der Waals surface area contributed by atoms with Crippen LogP contribution in [0.3, 0.4) is 0 Å². The van der Waals surface area contributed by atoms with E-state index in [0.717, 1.165) is 6.54 Å². The molecule has 2 heterocycles. The summed E-state index contributed by atoms with van der Waals surface area (Å²) in [5.41, 5.74) is 2.86. The summed E-state index contributed by atoms with van der Waals surface area (Å²) in [6.07, 6.45) is 9.81. The fourth-order valence-corrected chi connectivity index (χ4v) is 3.30. The van der Waals surface area contributed by atoms with Crippen LogP contribution >= 0.6 is 0 Å². The maximum absolute atomic E-state index is 4.40. The van der Waals surface area contributed by atoms with Crippen molar-refractivity contribution in [3.63, 3.8) is 0 Å². The Morgan fingerprint density at radius 3 is 3.17 bits per heavy atom. The SMILES string of the molecule is Cn1ncc2c1CCCC2NCC1CCCCN1. The van der Waals surface area contributed by atoms with E-state index in [2.05, 4.69) is 29.0 Å². The van der Waals surface area contributed by atoms with E-state index < -0.39 is 0 Å². The van der Waals surface area contributed by atoms with Crippen LogP contribution in [0.15, 0.2) is 6.20 Å². The van der Waals surface area contributed by atoms with Crippen LogP contribution in [0.1, 0.15) is 49.4 Å². The van der Waals surface area contributed by atoms with E-state index in [-0.39, 0.29) is 0 Å². The van der Waals surface area contributed by atoms with Crippen LogP contribution in [0.25, 0.3) is 0 Å². The third-order valence-corrected chi connectivity index (χ3v) is 4.40. The van der Waals surface area contributed by atoms with Crippen LogP contribution in [-0.2, 0) is 13.5 Å². The van der Waals surface area contributed by atoms with Gasteiger partial charge in [0.15, 0.2) is 0 Å². The van der Waals surface area contributed by atoms with Crippen LogP contribution in [0.4, 0.5) is 0 Å². The standard InChI is InChI=1S/C14H24N4/c1-18-14-7-4-6-13(12(14)10-17-18)16-9-11-5-2-3-8-15-11/h10-11,13,15-16H,2-9H2,1H3. The van der Waals surface area contributed by atoms with Crippen LogP contribution in [0, 0.1) is 0 Å². The molecule has 3 rings (SSSR count). The third-order valence-electron chi connectivity index (χ3n) is 4.40. The average Bonchev–Trinajstić information content (AvgIpc) is 2.80. The van der Waals surface area contributed by atoms with Crippen molar-refractivity contribution in [3.05, 3.63) is 17.5 Å². The zero-order valence-electron chi connectivity index (χ0n) is 11.3. The summed E-state index contributed by atoms with van der Waals surface area (Å²) in [4.78, 5) is 0. The molecule has 1 aromatic heterocycles. The van der Waals surface area contributed by atoms with E-state index in [9.17, 15) is 0 Å². The molecule has 1 fully saturated rings. The summed E-state index contributed by atoms with van der Waals surface area (Å²) >= 11 is 0. The lowest BCUT2D eigenvalue weighted by Gasteiger charge is -2.28. The van der Waals surface area contributed by atoms with Crippen molar-refractivity contribution >= 4 is 0 Å². The molecule has 4 heteroatoms. The molecule has 100 valence electrons. The van der Waals surface area contributed by atoms with Gasteiger partial charge >= 0.3 is 0 Å². The number of hydrogen-bond acceptors (Lipinski definition) is 3. The van der Waals surface area contributed by atoms with Gasteiger partial charge in [0.2, 0.25) is 0 Å². The molecular weight excluding hydrogens is 224 g/mol.